The predicted octanol–water partition coefficient (Wildman–Crippen LogP) is 1.02. The third-order valence-electron chi connectivity index (χ3n) is 1.88. The van der Waals surface area contributed by atoms with Crippen LogP contribution >= 0.6 is 11.6 Å². The van der Waals surface area contributed by atoms with Gasteiger partial charge in [0, 0.05) is 17.8 Å². The fraction of sp³-hybridized carbons (Fsp3) is 0. The van der Waals surface area contributed by atoms with E-state index in [1.54, 1.807) is 0 Å². The minimum atomic E-state index is -1.23. The lowest BCUT2D eigenvalue weighted by Gasteiger charge is -2.04. The highest BCUT2D eigenvalue weighted by Gasteiger charge is 2.07. The van der Waals surface area contributed by atoms with Crippen molar-refractivity contribution in [3.63, 3.8) is 0 Å². The van der Waals surface area contributed by atoms with Crippen LogP contribution in [0.25, 0.3) is 0 Å². The van der Waals surface area contributed by atoms with E-state index < -0.39 is 17.8 Å². The second-order valence-corrected chi connectivity index (χ2v) is 3.63. The van der Waals surface area contributed by atoms with E-state index >= 15 is 0 Å². The van der Waals surface area contributed by atoms with E-state index in [2.05, 4.69) is 5.32 Å². The Balaban J connectivity index is 2.81. The number of carbonyl (C=O) groups excluding carboxylic acids is 2. The van der Waals surface area contributed by atoms with Gasteiger partial charge in [0.1, 0.15) is 0 Å². The molecule has 2 amide bonds. The van der Waals surface area contributed by atoms with Gasteiger partial charge in [0.25, 0.3) is 0 Å². The maximum Gasteiger partial charge on any atom is 0.328 e. The molecule has 0 unspecified atom stereocenters. The van der Waals surface area contributed by atoms with Crippen LogP contribution in [0.5, 0.6) is 0 Å². The zero-order chi connectivity index (χ0) is 13.7. The summed E-state index contributed by atoms with van der Waals surface area (Å²) in [6, 6.07) is 4.13. The summed E-state index contributed by atoms with van der Waals surface area (Å²) in [6.07, 6.45) is 1.56. The van der Waals surface area contributed by atoms with Crippen LogP contribution in [0.1, 0.15) is 10.4 Å². The summed E-state index contributed by atoms with van der Waals surface area (Å²) in [5.74, 6) is -2.53. The molecule has 0 saturated heterocycles. The van der Waals surface area contributed by atoms with Gasteiger partial charge in [-0.3, -0.25) is 9.59 Å². The third-order valence-corrected chi connectivity index (χ3v) is 2.19. The van der Waals surface area contributed by atoms with Gasteiger partial charge in [0.05, 0.1) is 10.6 Å². The van der Waals surface area contributed by atoms with E-state index in [1.165, 1.54) is 18.2 Å². The summed E-state index contributed by atoms with van der Waals surface area (Å²) in [5, 5.41) is 10.8. The molecule has 1 aromatic rings. The van der Waals surface area contributed by atoms with Crippen LogP contribution in [-0.4, -0.2) is 22.9 Å². The molecule has 1 aromatic carbocycles. The van der Waals surface area contributed by atoms with Gasteiger partial charge in [-0.15, -0.1) is 0 Å². The molecule has 0 spiro atoms. The summed E-state index contributed by atoms with van der Waals surface area (Å²) >= 11 is 5.77. The highest BCUT2D eigenvalue weighted by Crippen LogP contribution is 2.20. The molecule has 0 bridgehead atoms. The summed E-state index contributed by atoms with van der Waals surface area (Å²) in [7, 11) is 0. The van der Waals surface area contributed by atoms with E-state index in [9.17, 15) is 14.4 Å². The number of primary amides is 1. The molecule has 18 heavy (non-hydrogen) atoms. The Bertz CT molecular complexity index is 540. The van der Waals surface area contributed by atoms with Crippen molar-refractivity contribution in [3.05, 3.63) is 40.9 Å². The number of carboxylic acid groups (broad SMARTS) is 1. The topological polar surface area (TPSA) is 109 Å². The number of aliphatic carboxylic acids is 1. The standard InChI is InChI=1S/C11H9ClN2O4/c12-8-5-6(1-2-7(8)11(13)18)14-9(15)3-4-10(16)17/h1-5H,(H2,13,18)(H,14,15)(H,16,17). The first-order valence-electron chi connectivity index (χ1n) is 4.71. The number of anilines is 1. The van der Waals surface area contributed by atoms with Gasteiger partial charge in [0.2, 0.25) is 11.8 Å². The maximum atomic E-state index is 11.3. The van der Waals surface area contributed by atoms with Gasteiger partial charge < -0.3 is 16.2 Å². The second-order valence-electron chi connectivity index (χ2n) is 3.22. The molecule has 1 rings (SSSR count). The van der Waals surface area contributed by atoms with Crippen LogP contribution in [0.3, 0.4) is 0 Å². The quantitative estimate of drug-likeness (QED) is 0.708. The Hall–Kier alpha value is -2.34. The third kappa shape index (κ3) is 3.91. The number of nitrogens with two attached hydrogens (primary N) is 1. The van der Waals surface area contributed by atoms with E-state index in [-0.39, 0.29) is 10.6 Å². The number of hydrogen-bond acceptors (Lipinski definition) is 3. The monoisotopic (exact) mass is 268 g/mol. The molecule has 0 heterocycles. The average Bonchev–Trinajstić information content (AvgIpc) is 2.26. The first-order valence-corrected chi connectivity index (χ1v) is 5.09. The number of halogens is 1. The molecule has 0 aliphatic rings. The van der Waals surface area contributed by atoms with Crippen LogP contribution in [0.4, 0.5) is 5.69 Å². The van der Waals surface area contributed by atoms with E-state index in [1.807, 2.05) is 0 Å². The molecule has 0 atom stereocenters. The number of hydrogen-bond donors (Lipinski definition) is 3. The highest BCUT2D eigenvalue weighted by molar-refractivity contribution is 6.34. The Morgan fingerprint density at radius 1 is 1.28 bits per heavy atom. The zero-order valence-corrected chi connectivity index (χ0v) is 9.77. The fourth-order valence-corrected chi connectivity index (χ4v) is 1.40. The number of carbonyl (C=O) groups is 3. The molecule has 0 fully saturated rings. The van der Waals surface area contributed by atoms with Gasteiger partial charge in [-0.2, -0.15) is 0 Å². The Morgan fingerprint density at radius 2 is 1.94 bits per heavy atom. The molecule has 6 nitrogen and oxygen atoms in total. The highest BCUT2D eigenvalue weighted by atomic mass is 35.5. The minimum Gasteiger partial charge on any atom is -0.478 e. The Kier molecular flexibility index (Phi) is 4.45. The number of nitrogens with one attached hydrogen (secondary N) is 1. The van der Waals surface area contributed by atoms with E-state index in [0.717, 1.165) is 6.08 Å². The van der Waals surface area contributed by atoms with E-state index in [0.29, 0.717) is 11.8 Å². The summed E-state index contributed by atoms with van der Waals surface area (Å²) in [5.41, 5.74) is 5.52. The Labute approximate surface area is 107 Å². The molecular formula is C11H9ClN2O4. The van der Waals surface area contributed by atoms with Crippen molar-refractivity contribution in [2.75, 3.05) is 5.32 Å². The lowest BCUT2D eigenvalue weighted by molar-refractivity contribution is -0.131. The number of amides is 2. The van der Waals surface area contributed by atoms with Crippen LogP contribution in [-0.2, 0) is 9.59 Å². The van der Waals surface area contributed by atoms with Crippen LogP contribution in [0, 0.1) is 0 Å². The lowest BCUT2D eigenvalue weighted by Crippen LogP contribution is -2.13. The second kappa shape index (κ2) is 5.83. The van der Waals surface area contributed by atoms with Crippen molar-refractivity contribution in [2.45, 2.75) is 0 Å². The molecule has 7 heteroatoms. The van der Waals surface area contributed by atoms with Gasteiger partial charge in [-0.1, -0.05) is 11.6 Å². The summed E-state index contributed by atoms with van der Waals surface area (Å²) in [4.78, 5) is 32.3. The maximum absolute atomic E-state index is 11.3. The number of carboxylic acids is 1. The zero-order valence-electron chi connectivity index (χ0n) is 9.01. The molecule has 0 radical (unpaired) electrons. The normalized spacial score (nSPS) is 10.3. The fourth-order valence-electron chi connectivity index (χ4n) is 1.12. The average molecular weight is 269 g/mol. The largest absolute Gasteiger partial charge is 0.478 e. The van der Waals surface area contributed by atoms with Gasteiger partial charge in [0.15, 0.2) is 0 Å². The van der Waals surface area contributed by atoms with Gasteiger partial charge in [-0.25, -0.2) is 4.79 Å². The number of rotatable bonds is 4. The van der Waals surface area contributed by atoms with Crippen molar-refractivity contribution < 1.29 is 19.5 Å². The van der Waals surface area contributed by atoms with Gasteiger partial charge >= 0.3 is 5.97 Å². The van der Waals surface area contributed by atoms with Gasteiger partial charge in [-0.05, 0) is 18.2 Å². The molecule has 0 saturated carbocycles. The van der Waals surface area contributed by atoms with Crippen molar-refractivity contribution >= 4 is 35.1 Å². The van der Waals surface area contributed by atoms with Crippen LogP contribution in [0.15, 0.2) is 30.4 Å². The molecule has 0 aromatic heterocycles. The SMILES string of the molecule is NC(=O)c1ccc(NC(=O)C=CC(=O)O)cc1Cl. The lowest BCUT2D eigenvalue weighted by atomic mass is 10.2. The molecule has 0 aliphatic heterocycles. The smallest absolute Gasteiger partial charge is 0.328 e. The molecule has 94 valence electrons. The van der Waals surface area contributed by atoms with Crippen molar-refractivity contribution in [1.82, 2.24) is 0 Å². The molecular weight excluding hydrogens is 260 g/mol. The first-order chi connectivity index (χ1) is 8.40. The Morgan fingerprint density at radius 3 is 2.44 bits per heavy atom. The van der Waals surface area contributed by atoms with E-state index in [4.69, 9.17) is 22.4 Å². The first kappa shape index (κ1) is 13.7. The molecule has 0 aliphatic carbocycles. The van der Waals surface area contributed by atoms with Crippen molar-refractivity contribution in [2.24, 2.45) is 5.73 Å². The van der Waals surface area contributed by atoms with Crippen molar-refractivity contribution in [1.29, 1.82) is 0 Å². The van der Waals surface area contributed by atoms with Crippen LogP contribution in [0.2, 0.25) is 5.02 Å². The minimum absolute atomic E-state index is 0.0996. The number of benzene rings is 1. The predicted molar refractivity (Wildman–Crippen MR) is 65.4 cm³/mol. The molecule has 4 N–H and O–H groups in total. The summed E-state index contributed by atoms with van der Waals surface area (Å²) < 4.78 is 0. The summed E-state index contributed by atoms with van der Waals surface area (Å²) in [6.45, 7) is 0. The van der Waals surface area contributed by atoms with Crippen LogP contribution < -0.4 is 11.1 Å². The van der Waals surface area contributed by atoms with Crippen molar-refractivity contribution in [3.8, 4) is 0 Å².